The Bertz CT molecular complexity index is 1130. The van der Waals surface area contributed by atoms with Gasteiger partial charge in [0, 0.05) is 5.69 Å². The highest BCUT2D eigenvalue weighted by Gasteiger charge is 2.11. The van der Waals surface area contributed by atoms with E-state index in [0.29, 0.717) is 5.16 Å². The number of nitrogens with one attached hydrogen (secondary N) is 1. The molecule has 7 heteroatoms. The van der Waals surface area contributed by atoms with Crippen LogP contribution >= 0.6 is 11.8 Å². The summed E-state index contributed by atoms with van der Waals surface area (Å²) in [4.78, 5) is 12.3. The lowest BCUT2D eigenvalue weighted by atomic mass is 10.1. The van der Waals surface area contributed by atoms with Crippen LogP contribution in [0.4, 0.5) is 5.69 Å². The van der Waals surface area contributed by atoms with Gasteiger partial charge in [-0.2, -0.15) is 4.68 Å². The topological polar surface area (TPSA) is 72.7 Å². The Labute approximate surface area is 178 Å². The lowest BCUT2D eigenvalue weighted by Crippen LogP contribution is -2.14. The fourth-order valence-corrected chi connectivity index (χ4v) is 3.45. The molecule has 6 nitrogen and oxygen atoms in total. The van der Waals surface area contributed by atoms with Crippen molar-refractivity contribution in [2.24, 2.45) is 0 Å². The van der Waals surface area contributed by atoms with Crippen LogP contribution in [0, 0.1) is 0 Å². The summed E-state index contributed by atoms with van der Waals surface area (Å²) < 4.78 is 1.62. The summed E-state index contributed by atoms with van der Waals surface area (Å²) in [5.41, 5.74) is 3.81. The van der Waals surface area contributed by atoms with Gasteiger partial charge in [-0.05, 0) is 45.8 Å². The number of para-hydroxylation sites is 1. The van der Waals surface area contributed by atoms with Gasteiger partial charge in [0.2, 0.25) is 11.1 Å². The van der Waals surface area contributed by atoms with Crippen molar-refractivity contribution in [2.45, 2.75) is 5.16 Å². The van der Waals surface area contributed by atoms with E-state index in [9.17, 15) is 4.79 Å². The fourth-order valence-electron chi connectivity index (χ4n) is 2.76. The molecule has 1 N–H and O–H groups in total. The van der Waals surface area contributed by atoms with Crippen LogP contribution in [-0.4, -0.2) is 31.9 Å². The molecule has 30 heavy (non-hydrogen) atoms. The normalized spacial score (nSPS) is 10.9. The molecule has 4 aromatic rings. The van der Waals surface area contributed by atoms with E-state index in [0.717, 1.165) is 22.5 Å². The SMILES string of the molecule is O=C(CSc1nnnn1-c1ccccc1)Nc1ccc(/C=C/c2ccccc2)cc1. The number of hydrogen-bond donors (Lipinski definition) is 1. The van der Waals surface area contributed by atoms with Crippen LogP contribution < -0.4 is 5.32 Å². The first kappa shape index (κ1) is 19.6. The molecule has 1 aromatic heterocycles. The van der Waals surface area contributed by atoms with Crippen molar-refractivity contribution in [3.63, 3.8) is 0 Å². The molecule has 1 amide bonds. The van der Waals surface area contributed by atoms with Crippen LogP contribution in [0.1, 0.15) is 11.1 Å². The third-order valence-corrected chi connectivity index (χ3v) is 5.16. The smallest absolute Gasteiger partial charge is 0.234 e. The minimum absolute atomic E-state index is 0.116. The summed E-state index contributed by atoms with van der Waals surface area (Å²) in [6.07, 6.45) is 4.10. The maximum Gasteiger partial charge on any atom is 0.234 e. The van der Waals surface area contributed by atoms with Crippen LogP contribution in [0.15, 0.2) is 90.1 Å². The number of carbonyl (C=O) groups excluding carboxylic acids is 1. The second-order valence-corrected chi connectivity index (χ2v) is 7.35. The number of thioether (sulfide) groups is 1. The molecule has 1 heterocycles. The molecule has 0 fully saturated rings. The fraction of sp³-hybridized carbons (Fsp3) is 0.0435. The third-order valence-electron chi connectivity index (χ3n) is 4.24. The second kappa shape index (κ2) is 9.67. The number of nitrogens with zero attached hydrogens (tertiary/aromatic N) is 4. The Morgan fingerprint density at radius 2 is 1.50 bits per heavy atom. The summed E-state index contributed by atoms with van der Waals surface area (Å²) in [5, 5.41) is 15.2. The first-order valence-electron chi connectivity index (χ1n) is 9.37. The minimum atomic E-state index is -0.116. The zero-order valence-corrected chi connectivity index (χ0v) is 16.9. The van der Waals surface area contributed by atoms with Crippen molar-refractivity contribution in [3.8, 4) is 5.69 Å². The van der Waals surface area contributed by atoms with Crippen molar-refractivity contribution in [1.29, 1.82) is 0 Å². The van der Waals surface area contributed by atoms with Crippen LogP contribution in [0.2, 0.25) is 0 Å². The molecule has 0 aliphatic heterocycles. The Morgan fingerprint density at radius 1 is 0.867 bits per heavy atom. The second-order valence-electron chi connectivity index (χ2n) is 6.41. The maximum absolute atomic E-state index is 12.3. The summed E-state index contributed by atoms with van der Waals surface area (Å²) >= 11 is 1.29. The molecule has 0 aliphatic rings. The summed E-state index contributed by atoms with van der Waals surface area (Å²) in [6.45, 7) is 0. The average Bonchev–Trinajstić information content (AvgIpc) is 3.27. The number of amides is 1. The van der Waals surface area contributed by atoms with E-state index < -0.39 is 0 Å². The summed E-state index contributed by atoms with van der Waals surface area (Å²) in [5.74, 6) is 0.0956. The lowest BCUT2D eigenvalue weighted by Gasteiger charge is -2.06. The summed E-state index contributed by atoms with van der Waals surface area (Å²) in [7, 11) is 0. The third kappa shape index (κ3) is 5.21. The Kier molecular flexibility index (Phi) is 6.31. The van der Waals surface area contributed by atoms with Crippen LogP contribution in [0.3, 0.4) is 0 Å². The Morgan fingerprint density at radius 3 is 2.20 bits per heavy atom. The van der Waals surface area contributed by atoms with Gasteiger partial charge >= 0.3 is 0 Å². The quantitative estimate of drug-likeness (QED) is 0.355. The molecule has 0 spiro atoms. The Balaban J connectivity index is 1.32. The van der Waals surface area contributed by atoms with Crippen molar-refractivity contribution in [1.82, 2.24) is 20.2 Å². The molecule has 0 bridgehead atoms. The highest BCUT2D eigenvalue weighted by molar-refractivity contribution is 7.99. The van der Waals surface area contributed by atoms with E-state index in [1.807, 2.05) is 78.9 Å². The highest BCUT2D eigenvalue weighted by Crippen LogP contribution is 2.19. The van der Waals surface area contributed by atoms with E-state index in [-0.39, 0.29) is 11.7 Å². The molecule has 0 radical (unpaired) electrons. The predicted octanol–water partition coefficient (Wildman–Crippen LogP) is 4.56. The number of aromatic nitrogens is 4. The molecule has 3 aromatic carbocycles. The molecule has 0 atom stereocenters. The average molecular weight is 414 g/mol. The zero-order valence-electron chi connectivity index (χ0n) is 16.1. The van der Waals surface area contributed by atoms with Crippen molar-refractivity contribution < 1.29 is 4.79 Å². The van der Waals surface area contributed by atoms with Gasteiger partial charge in [0.05, 0.1) is 11.4 Å². The van der Waals surface area contributed by atoms with Gasteiger partial charge in [0.1, 0.15) is 0 Å². The first-order valence-corrected chi connectivity index (χ1v) is 10.4. The van der Waals surface area contributed by atoms with E-state index in [1.165, 1.54) is 11.8 Å². The maximum atomic E-state index is 12.3. The molecular formula is C23H19N5OS. The Hall–Kier alpha value is -3.71. The van der Waals surface area contributed by atoms with Crippen molar-refractivity contribution >= 4 is 35.5 Å². The molecule has 0 unspecified atom stereocenters. The number of benzene rings is 3. The van der Waals surface area contributed by atoms with Gasteiger partial charge in [-0.3, -0.25) is 4.79 Å². The van der Waals surface area contributed by atoms with Gasteiger partial charge in [-0.25, -0.2) is 0 Å². The number of tetrazole rings is 1. The van der Waals surface area contributed by atoms with E-state index in [1.54, 1.807) is 4.68 Å². The number of rotatable bonds is 7. The van der Waals surface area contributed by atoms with Gasteiger partial charge in [0.25, 0.3) is 0 Å². The van der Waals surface area contributed by atoms with Gasteiger partial charge in [0.15, 0.2) is 0 Å². The van der Waals surface area contributed by atoms with E-state index in [4.69, 9.17) is 0 Å². The van der Waals surface area contributed by atoms with Crippen LogP contribution in [0.25, 0.3) is 17.8 Å². The molecule has 4 rings (SSSR count). The van der Waals surface area contributed by atoms with Crippen molar-refractivity contribution in [3.05, 3.63) is 96.1 Å². The molecule has 0 aliphatic carbocycles. The van der Waals surface area contributed by atoms with Gasteiger partial charge < -0.3 is 5.32 Å². The van der Waals surface area contributed by atoms with Crippen molar-refractivity contribution in [2.75, 3.05) is 11.1 Å². The molecule has 148 valence electrons. The molecule has 0 saturated carbocycles. The standard InChI is InChI=1S/C23H19N5OS/c29-22(17-30-23-25-26-27-28(23)21-9-5-2-6-10-21)24-20-15-13-19(14-16-20)12-11-18-7-3-1-4-8-18/h1-16H,17H2,(H,24,29)/b12-11+. The summed E-state index contributed by atoms with van der Waals surface area (Å²) in [6, 6.07) is 27.4. The predicted molar refractivity (Wildman–Crippen MR) is 120 cm³/mol. The number of hydrogen-bond acceptors (Lipinski definition) is 5. The van der Waals surface area contributed by atoms with E-state index in [2.05, 4.69) is 39.1 Å². The van der Waals surface area contributed by atoms with Gasteiger partial charge in [-0.1, -0.05) is 84.6 Å². The largest absolute Gasteiger partial charge is 0.325 e. The first-order chi connectivity index (χ1) is 14.8. The minimum Gasteiger partial charge on any atom is -0.325 e. The van der Waals surface area contributed by atoms with Crippen LogP contribution in [-0.2, 0) is 4.79 Å². The van der Waals surface area contributed by atoms with Crippen LogP contribution in [0.5, 0.6) is 0 Å². The zero-order chi connectivity index (χ0) is 20.6. The van der Waals surface area contributed by atoms with Gasteiger partial charge in [-0.15, -0.1) is 5.10 Å². The highest BCUT2D eigenvalue weighted by atomic mass is 32.2. The monoisotopic (exact) mass is 413 g/mol. The molecular weight excluding hydrogens is 394 g/mol. The lowest BCUT2D eigenvalue weighted by molar-refractivity contribution is -0.113. The number of carbonyl (C=O) groups is 1. The van der Waals surface area contributed by atoms with E-state index >= 15 is 0 Å². The molecule has 0 saturated heterocycles. The number of anilines is 1.